The summed E-state index contributed by atoms with van der Waals surface area (Å²) in [5, 5.41) is 1.98. The Balaban J connectivity index is 1.53. The molecule has 5 heteroatoms. The predicted molar refractivity (Wildman–Crippen MR) is 99.2 cm³/mol. The van der Waals surface area contributed by atoms with Crippen molar-refractivity contribution in [2.75, 3.05) is 0 Å². The first-order chi connectivity index (χ1) is 12.6. The van der Waals surface area contributed by atoms with Crippen LogP contribution in [0.4, 0.5) is 4.39 Å². The van der Waals surface area contributed by atoms with Crippen LogP contribution in [0.2, 0.25) is 0 Å². The van der Waals surface area contributed by atoms with E-state index in [1.54, 1.807) is 53.8 Å². The van der Waals surface area contributed by atoms with Gasteiger partial charge in [0.1, 0.15) is 23.9 Å². The third-order valence-electron chi connectivity index (χ3n) is 4.16. The van der Waals surface area contributed by atoms with Gasteiger partial charge in [-0.15, -0.1) is 11.3 Å². The Morgan fingerprint density at radius 3 is 2.81 bits per heavy atom. The molecule has 0 aliphatic carbocycles. The summed E-state index contributed by atoms with van der Waals surface area (Å²) in [4.78, 5) is 13.5. The van der Waals surface area contributed by atoms with E-state index in [9.17, 15) is 9.18 Å². The predicted octanol–water partition coefficient (Wildman–Crippen LogP) is 5.39. The van der Waals surface area contributed by atoms with Gasteiger partial charge in [-0.1, -0.05) is 18.2 Å². The van der Waals surface area contributed by atoms with Crippen LogP contribution in [0.5, 0.6) is 11.5 Å². The van der Waals surface area contributed by atoms with Crippen molar-refractivity contribution in [1.29, 1.82) is 0 Å². The molecule has 3 nitrogen and oxygen atoms in total. The highest BCUT2D eigenvalue weighted by Gasteiger charge is 2.28. The van der Waals surface area contributed by atoms with Gasteiger partial charge in [-0.2, -0.15) is 0 Å². The minimum atomic E-state index is -0.309. The zero-order valence-electron chi connectivity index (χ0n) is 14.0. The highest BCUT2D eigenvalue weighted by Crippen LogP contribution is 2.35. The molecule has 0 atom stereocenters. The number of rotatable bonds is 4. The maximum Gasteiger partial charge on any atom is 0.232 e. The fourth-order valence-electron chi connectivity index (χ4n) is 2.68. The second-order valence-corrected chi connectivity index (χ2v) is 6.89. The number of aryl methyl sites for hydroxylation is 1. The molecule has 0 N–H and O–H groups in total. The number of ether oxygens (including phenoxy) is 2. The number of Topliss-reactive ketones (excluding diaryl/α,β-unsaturated/α-hetero) is 1. The van der Waals surface area contributed by atoms with Gasteiger partial charge in [0.2, 0.25) is 5.78 Å². The minimum Gasteiger partial charge on any atom is -0.489 e. The number of allylic oxidation sites excluding steroid dienone is 1. The molecule has 2 aromatic carbocycles. The number of halogens is 1. The van der Waals surface area contributed by atoms with E-state index in [0.717, 1.165) is 10.4 Å². The number of hydrogen-bond donors (Lipinski definition) is 0. The molecule has 1 aliphatic rings. The molecule has 26 heavy (non-hydrogen) atoms. The highest BCUT2D eigenvalue weighted by molar-refractivity contribution is 7.11. The van der Waals surface area contributed by atoms with E-state index in [1.807, 2.05) is 18.4 Å². The zero-order valence-corrected chi connectivity index (χ0v) is 14.8. The topological polar surface area (TPSA) is 35.5 Å². The molecule has 0 amide bonds. The van der Waals surface area contributed by atoms with Crippen molar-refractivity contribution in [1.82, 2.24) is 0 Å². The Labute approximate surface area is 154 Å². The summed E-state index contributed by atoms with van der Waals surface area (Å²) >= 11 is 1.56. The number of ketones is 1. The molecule has 4 rings (SSSR count). The zero-order chi connectivity index (χ0) is 18.1. The van der Waals surface area contributed by atoms with Gasteiger partial charge in [0.05, 0.1) is 5.56 Å². The summed E-state index contributed by atoms with van der Waals surface area (Å²) in [6.45, 7) is 2.10. The molecule has 0 saturated heterocycles. The summed E-state index contributed by atoms with van der Waals surface area (Å²) in [5.74, 6) is 0.830. The quantitative estimate of drug-likeness (QED) is 0.581. The van der Waals surface area contributed by atoms with Crippen molar-refractivity contribution in [3.8, 4) is 11.5 Å². The number of benzene rings is 2. The van der Waals surface area contributed by atoms with Crippen molar-refractivity contribution in [3.05, 3.63) is 87.1 Å². The number of carbonyl (C=O) groups excluding carboxylic acids is 1. The first kappa shape index (κ1) is 16.5. The van der Waals surface area contributed by atoms with Gasteiger partial charge >= 0.3 is 0 Å². The molecule has 0 saturated carbocycles. The smallest absolute Gasteiger partial charge is 0.232 e. The van der Waals surface area contributed by atoms with E-state index < -0.39 is 0 Å². The second kappa shape index (κ2) is 6.77. The molecule has 0 radical (unpaired) electrons. The van der Waals surface area contributed by atoms with Crippen molar-refractivity contribution in [2.24, 2.45) is 0 Å². The van der Waals surface area contributed by atoms with Crippen molar-refractivity contribution >= 4 is 23.2 Å². The molecule has 0 bridgehead atoms. The van der Waals surface area contributed by atoms with Gasteiger partial charge in [-0.3, -0.25) is 4.79 Å². The third-order valence-corrected chi connectivity index (χ3v) is 5.12. The number of fused-ring (bicyclic) bond motifs is 1. The van der Waals surface area contributed by atoms with Gasteiger partial charge in [0, 0.05) is 22.6 Å². The molecule has 0 unspecified atom stereocenters. The third kappa shape index (κ3) is 3.13. The minimum absolute atomic E-state index is 0.108. The summed E-state index contributed by atoms with van der Waals surface area (Å²) in [7, 11) is 0. The SMILES string of the molecule is Cc1ccsc1C=C1Oc2cc(OCc3ccccc3F)ccc2C1=O. The summed E-state index contributed by atoms with van der Waals surface area (Å²) < 4.78 is 25.0. The first-order valence-electron chi connectivity index (χ1n) is 8.10. The fraction of sp³-hybridized carbons (Fsp3) is 0.0952. The molecule has 2 heterocycles. The summed E-state index contributed by atoms with van der Waals surface area (Å²) in [6, 6.07) is 13.5. The Kier molecular flexibility index (Phi) is 4.31. The van der Waals surface area contributed by atoms with Crippen LogP contribution in [0.3, 0.4) is 0 Å². The lowest BCUT2D eigenvalue weighted by Gasteiger charge is -2.08. The molecule has 0 spiro atoms. The maximum absolute atomic E-state index is 13.7. The van der Waals surface area contributed by atoms with Gasteiger partial charge in [-0.25, -0.2) is 4.39 Å². The molecule has 1 aliphatic heterocycles. The van der Waals surface area contributed by atoms with Crippen LogP contribution < -0.4 is 9.47 Å². The monoisotopic (exact) mass is 366 g/mol. The average molecular weight is 366 g/mol. The van der Waals surface area contributed by atoms with Gasteiger partial charge < -0.3 is 9.47 Å². The van der Waals surface area contributed by atoms with Crippen LogP contribution in [0.15, 0.2) is 59.7 Å². The van der Waals surface area contributed by atoms with Crippen LogP contribution >= 0.6 is 11.3 Å². The lowest BCUT2D eigenvalue weighted by Crippen LogP contribution is -1.98. The van der Waals surface area contributed by atoms with E-state index in [0.29, 0.717) is 28.4 Å². The first-order valence-corrected chi connectivity index (χ1v) is 8.98. The lowest BCUT2D eigenvalue weighted by atomic mass is 10.1. The standard InChI is InChI=1S/C21H15FO3S/c1-13-8-9-26-20(13)11-19-21(23)16-7-6-15(10-18(16)25-19)24-12-14-4-2-3-5-17(14)22/h2-11H,12H2,1H3. The fourth-order valence-corrected chi connectivity index (χ4v) is 3.53. The van der Waals surface area contributed by atoms with Gasteiger partial charge in [0.25, 0.3) is 0 Å². The van der Waals surface area contributed by atoms with Crippen LogP contribution in [0.25, 0.3) is 6.08 Å². The Bertz CT molecular complexity index is 1020. The van der Waals surface area contributed by atoms with Crippen LogP contribution in [-0.2, 0) is 6.61 Å². The van der Waals surface area contributed by atoms with Crippen molar-refractivity contribution < 1.29 is 18.7 Å². The number of thiophene rings is 1. The van der Waals surface area contributed by atoms with E-state index in [2.05, 4.69) is 0 Å². The van der Waals surface area contributed by atoms with Crippen LogP contribution in [0.1, 0.15) is 26.4 Å². The molecule has 0 fully saturated rings. The number of hydrogen-bond acceptors (Lipinski definition) is 4. The largest absolute Gasteiger partial charge is 0.489 e. The van der Waals surface area contributed by atoms with Crippen LogP contribution in [0, 0.1) is 12.7 Å². The lowest BCUT2D eigenvalue weighted by molar-refractivity contribution is 0.101. The molecular formula is C21H15FO3S. The molecule has 130 valence electrons. The normalized spacial score (nSPS) is 14.4. The Hall–Kier alpha value is -2.92. The second-order valence-electron chi connectivity index (χ2n) is 5.95. The van der Waals surface area contributed by atoms with E-state index in [-0.39, 0.29) is 18.2 Å². The van der Waals surface area contributed by atoms with E-state index in [1.165, 1.54) is 6.07 Å². The molecule has 1 aromatic heterocycles. The van der Waals surface area contributed by atoms with Gasteiger partial charge in [0.15, 0.2) is 5.76 Å². The average Bonchev–Trinajstić information content (AvgIpc) is 3.18. The van der Waals surface area contributed by atoms with E-state index >= 15 is 0 Å². The summed E-state index contributed by atoms with van der Waals surface area (Å²) in [5.41, 5.74) is 2.08. The Morgan fingerprint density at radius 2 is 2.04 bits per heavy atom. The highest BCUT2D eigenvalue weighted by atomic mass is 32.1. The van der Waals surface area contributed by atoms with E-state index in [4.69, 9.17) is 9.47 Å². The Morgan fingerprint density at radius 1 is 1.19 bits per heavy atom. The van der Waals surface area contributed by atoms with Gasteiger partial charge in [-0.05, 0) is 42.1 Å². The number of carbonyl (C=O) groups is 1. The van der Waals surface area contributed by atoms with Crippen molar-refractivity contribution in [2.45, 2.75) is 13.5 Å². The maximum atomic E-state index is 13.7. The summed E-state index contributed by atoms with van der Waals surface area (Å²) in [6.07, 6.45) is 1.77. The molecule has 3 aromatic rings. The van der Waals surface area contributed by atoms with Crippen LogP contribution in [-0.4, -0.2) is 5.78 Å². The molecular weight excluding hydrogens is 351 g/mol. The van der Waals surface area contributed by atoms with Crippen molar-refractivity contribution in [3.63, 3.8) is 0 Å².